The van der Waals surface area contributed by atoms with Crippen LogP contribution in [0.5, 0.6) is 0 Å². The van der Waals surface area contributed by atoms with Crippen molar-refractivity contribution in [3.8, 4) is 11.3 Å². The Morgan fingerprint density at radius 2 is 1.96 bits per heavy atom. The lowest BCUT2D eigenvalue weighted by Crippen LogP contribution is -2.03. The molecule has 0 aliphatic heterocycles. The van der Waals surface area contributed by atoms with E-state index in [1.165, 1.54) is 18.4 Å². The Balaban J connectivity index is 2.01. The molecule has 1 heterocycles. The number of hydrogen-bond acceptors (Lipinski definition) is 4. The summed E-state index contributed by atoms with van der Waals surface area (Å²) in [5.41, 5.74) is 3.06. The molecule has 0 saturated carbocycles. The van der Waals surface area contributed by atoms with E-state index in [0.29, 0.717) is 15.6 Å². The highest BCUT2D eigenvalue weighted by atomic mass is 35.5. The smallest absolute Gasteiger partial charge is 0.340 e. The van der Waals surface area contributed by atoms with Crippen molar-refractivity contribution in [2.45, 2.75) is 0 Å². The molecule has 0 saturated heterocycles. The predicted molar refractivity (Wildman–Crippen MR) is 98.9 cm³/mol. The largest absolute Gasteiger partial charge is 0.465 e. The van der Waals surface area contributed by atoms with E-state index < -0.39 is 5.97 Å². The SMILES string of the molecule is COC(=O)/C(=C\c1cccc(Cl)c1)c1nc(-c2ccccc2)cs1. The maximum Gasteiger partial charge on any atom is 0.340 e. The van der Waals surface area contributed by atoms with E-state index in [1.54, 1.807) is 18.2 Å². The first-order valence-electron chi connectivity index (χ1n) is 7.24. The van der Waals surface area contributed by atoms with Crippen molar-refractivity contribution in [3.63, 3.8) is 0 Å². The lowest BCUT2D eigenvalue weighted by atomic mass is 10.1. The molecule has 5 heteroatoms. The molecule has 120 valence electrons. The summed E-state index contributed by atoms with van der Waals surface area (Å²) in [5.74, 6) is -0.427. The molecule has 0 amide bonds. The summed E-state index contributed by atoms with van der Waals surface area (Å²) in [6, 6.07) is 17.1. The fourth-order valence-corrected chi connectivity index (χ4v) is 3.25. The van der Waals surface area contributed by atoms with Crippen LogP contribution in [0.1, 0.15) is 10.6 Å². The highest BCUT2D eigenvalue weighted by molar-refractivity contribution is 7.11. The van der Waals surface area contributed by atoms with Crippen molar-refractivity contribution in [2.75, 3.05) is 7.11 Å². The van der Waals surface area contributed by atoms with Gasteiger partial charge in [0.1, 0.15) is 5.01 Å². The van der Waals surface area contributed by atoms with Gasteiger partial charge < -0.3 is 4.74 Å². The van der Waals surface area contributed by atoms with Crippen LogP contribution in [-0.4, -0.2) is 18.1 Å². The average Bonchev–Trinajstić information content (AvgIpc) is 3.09. The van der Waals surface area contributed by atoms with Crippen LogP contribution in [-0.2, 0) is 9.53 Å². The summed E-state index contributed by atoms with van der Waals surface area (Å²) in [5, 5.41) is 3.15. The normalized spacial score (nSPS) is 11.3. The van der Waals surface area contributed by atoms with Gasteiger partial charge in [-0.3, -0.25) is 0 Å². The zero-order chi connectivity index (χ0) is 16.9. The molecule has 0 bridgehead atoms. The second kappa shape index (κ2) is 7.43. The molecule has 24 heavy (non-hydrogen) atoms. The third-order valence-corrected chi connectivity index (χ3v) is 4.48. The van der Waals surface area contributed by atoms with Crippen LogP contribution in [0.3, 0.4) is 0 Å². The summed E-state index contributed by atoms with van der Waals surface area (Å²) in [6.45, 7) is 0. The number of rotatable bonds is 4. The first kappa shape index (κ1) is 16.4. The van der Waals surface area contributed by atoms with Crippen LogP contribution in [0.25, 0.3) is 22.9 Å². The second-order valence-electron chi connectivity index (χ2n) is 5.01. The Morgan fingerprint density at radius 3 is 2.67 bits per heavy atom. The van der Waals surface area contributed by atoms with Gasteiger partial charge in [0.05, 0.1) is 18.4 Å². The Labute approximate surface area is 149 Å². The van der Waals surface area contributed by atoms with Crippen molar-refractivity contribution in [1.29, 1.82) is 0 Å². The standard InChI is InChI=1S/C19H14ClNO2S/c1-23-19(22)16(11-13-6-5-9-15(20)10-13)18-21-17(12-24-18)14-7-3-2-4-8-14/h2-12H,1H3/b16-11-. The summed E-state index contributed by atoms with van der Waals surface area (Å²) in [6.07, 6.45) is 1.74. The van der Waals surface area contributed by atoms with Crippen molar-refractivity contribution in [1.82, 2.24) is 4.98 Å². The molecule has 3 aromatic rings. The van der Waals surface area contributed by atoms with Gasteiger partial charge in [0, 0.05) is 16.0 Å². The number of nitrogens with zero attached hydrogens (tertiary/aromatic N) is 1. The van der Waals surface area contributed by atoms with Gasteiger partial charge in [0.15, 0.2) is 0 Å². The summed E-state index contributed by atoms with van der Waals surface area (Å²) >= 11 is 7.42. The van der Waals surface area contributed by atoms with Gasteiger partial charge in [-0.25, -0.2) is 9.78 Å². The van der Waals surface area contributed by atoms with Crippen molar-refractivity contribution >= 4 is 40.6 Å². The van der Waals surface area contributed by atoms with E-state index in [0.717, 1.165) is 16.8 Å². The predicted octanol–water partition coefficient (Wildman–Crippen LogP) is 5.18. The van der Waals surface area contributed by atoms with Gasteiger partial charge in [-0.15, -0.1) is 11.3 Å². The summed E-state index contributed by atoms with van der Waals surface area (Å²) in [7, 11) is 1.36. The Bertz CT molecular complexity index is 887. The molecule has 0 aliphatic carbocycles. The molecule has 0 fully saturated rings. The number of benzene rings is 2. The lowest BCUT2D eigenvalue weighted by Gasteiger charge is -2.03. The minimum Gasteiger partial charge on any atom is -0.465 e. The molecule has 3 rings (SSSR count). The second-order valence-corrected chi connectivity index (χ2v) is 6.30. The zero-order valence-corrected chi connectivity index (χ0v) is 14.5. The number of ether oxygens (including phenoxy) is 1. The van der Waals surface area contributed by atoms with E-state index in [2.05, 4.69) is 4.98 Å². The zero-order valence-electron chi connectivity index (χ0n) is 12.9. The van der Waals surface area contributed by atoms with E-state index in [4.69, 9.17) is 16.3 Å². The van der Waals surface area contributed by atoms with E-state index in [1.807, 2.05) is 47.8 Å². The quantitative estimate of drug-likeness (QED) is 0.478. The number of thiazole rings is 1. The maximum absolute atomic E-state index is 12.2. The molecule has 2 aromatic carbocycles. The molecule has 3 nitrogen and oxygen atoms in total. The minimum atomic E-state index is -0.427. The molecular formula is C19H14ClNO2S. The van der Waals surface area contributed by atoms with Crippen molar-refractivity contribution in [2.24, 2.45) is 0 Å². The highest BCUT2D eigenvalue weighted by Gasteiger charge is 2.17. The molecule has 1 aromatic heterocycles. The van der Waals surface area contributed by atoms with Crippen LogP contribution in [0.2, 0.25) is 5.02 Å². The molecule has 0 spiro atoms. The van der Waals surface area contributed by atoms with Gasteiger partial charge in [0.2, 0.25) is 0 Å². The van der Waals surface area contributed by atoms with Gasteiger partial charge in [-0.05, 0) is 23.8 Å². The number of carbonyl (C=O) groups is 1. The number of aromatic nitrogens is 1. The molecule has 0 atom stereocenters. The summed E-state index contributed by atoms with van der Waals surface area (Å²) < 4.78 is 4.91. The Kier molecular flexibility index (Phi) is 5.08. The molecule has 0 N–H and O–H groups in total. The fraction of sp³-hybridized carbons (Fsp3) is 0.0526. The number of carbonyl (C=O) groups excluding carboxylic acids is 1. The minimum absolute atomic E-state index is 0.409. The van der Waals surface area contributed by atoms with Gasteiger partial charge in [0.25, 0.3) is 0 Å². The number of hydrogen-bond donors (Lipinski definition) is 0. The first-order valence-corrected chi connectivity index (χ1v) is 8.50. The lowest BCUT2D eigenvalue weighted by molar-refractivity contribution is -0.133. The van der Waals surface area contributed by atoms with E-state index in [-0.39, 0.29) is 0 Å². The number of esters is 1. The van der Waals surface area contributed by atoms with Crippen molar-refractivity contribution < 1.29 is 9.53 Å². The monoisotopic (exact) mass is 355 g/mol. The third-order valence-electron chi connectivity index (χ3n) is 3.37. The Hall–Kier alpha value is -2.43. The number of methoxy groups -OCH3 is 1. The summed E-state index contributed by atoms with van der Waals surface area (Å²) in [4.78, 5) is 16.8. The average molecular weight is 356 g/mol. The van der Waals surface area contributed by atoms with Gasteiger partial charge >= 0.3 is 5.97 Å². The Morgan fingerprint density at radius 1 is 1.17 bits per heavy atom. The van der Waals surface area contributed by atoms with Gasteiger partial charge in [-0.1, -0.05) is 54.1 Å². The van der Waals surface area contributed by atoms with Crippen LogP contribution in [0, 0.1) is 0 Å². The molecule has 0 aliphatic rings. The van der Waals surface area contributed by atoms with Crippen LogP contribution in [0.4, 0.5) is 0 Å². The highest BCUT2D eigenvalue weighted by Crippen LogP contribution is 2.28. The maximum atomic E-state index is 12.2. The number of halogens is 1. The topological polar surface area (TPSA) is 39.2 Å². The third kappa shape index (κ3) is 3.72. The van der Waals surface area contributed by atoms with E-state index >= 15 is 0 Å². The van der Waals surface area contributed by atoms with Crippen LogP contribution in [0.15, 0.2) is 60.0 Å². The van der Waals surface area contributed by atoms with Gasteiger partial charge in [-0.2, -0.15) is 0 Å². The van der Waals surface area contributed by atoms with Crippen molar-refractivity contribution in [3.05, 3.63) is 75.6 Å². The van der Waals surface area contributed by atoms with E-state index in [9.17, 15) is 4.79 Å². The molecular weight excluding hydrogens is 342 g/mol. The first-order chi connectivity index (χ1) is 11.7. The molecule has 0 radical (unpaired) electrons. The van der Waals surface area contributed by atoms with Crippen LogP contribution >= 0.6 is 22.9 Å². The molecule has 0 unspecified atom stereocenters. The fourth-order valence-electron chi connectivity index (χ4n) is 2.22. The van der Waals surface area contributed by atoms with Crippen LogP contribution < -0.4 is 0 Å².